The van der Waals surface area contributed by atoms with Gasteiger partial charge < -0.3 is 14.6 Å². The molecule has 4 atom stereocenters. The molecule has 1 N–H and O–H groups in total. The number of sulfone groups is 1. The Hall–Kier alpha value is -1.43. The van der Waals surface area contributed by atoms with Crippen LogP contribution < -0.4 is 0 Å². The minimum Gasteiger partial charge on any atom is -0.393 e. The van der Waals surface area contributed by atoms with Crippen molar-refractivity contribution in [2.45, 2.75) is 67.8 Å². The van der Waals surface area contributed by atoms with Gasteiger partial charge in [-0.2, -0.15) is 0 Å². The molecule has 0 spiro atoms. The van der Waals surface area contributed by atoms with Crippen LogP contribution in [-0.2, 0) is 19.3 Å². The Balaban J connectivity index is 1.63. The molecule has 6 heteroatoms. The Morgan fingerprint density at radius 2 is 2.04 bits per heavy atom. The van der Waals surface area contributed by atoms with E-state index in [0.29, 0.717) is 17.7 Å². The first-order valence-corrected chi connectivity index (χ1v) is 11.1. The average molecular weight is 393 g/mol. The van der Waals surface area contributed by atoms with E-state index in [9.17, 15) is 13.5 Å². The summed E-state index contributed by atoms with van der Waals surface area (Å²) in [6, 6.07) is 8.47. The molecule has 2 aliphatic heterocycles. The topological polar surface area (TPSA) is 72.8 Å². The van der Waals surface area contributed by atoms with E-state index in [1.54, 1.807) is 30.3 Å². The second-order valence-corrected chi connectivity index (χ2v) is 9.68. The maximum atomic E-state index is 12.5. The molecule has 148 valence electrons. The van der Waals surface area contributed by atoms with Gasteiger partial charge in [-0.05, 0) is 43.9 Å². The lowest BCUT2D eigenvalue weighted by Crippen LogP contribution is -2.51. The third-order valence-electron chi connectivity index (χ3n) is 5.58. The summed E-state index contributed by atoms with van der Waals surface area (Å²) in [4.78, 5) is 0.334. The number of aliphatic hydroxyl groups is 1. The van der Waals surface area contributed by atoms with Crippen LogP contribution in [0.15, 0.2) is 53.1 Å². The summed E-state index contributed by atoms with van der Waals surface area (Å²) in [5.74, 6) is 0.0254. The maximum absolute atomic E-state index is 12.5. The molecule has 27 heavy (non-hydrogen) atoms. The van der Waals surface area contributed by atoms with Gasteiger partial charge >= 0.3 is 0 Å². The third kappa shape index (κ3) is 4.53. The molecule has 2 aliphatic rings. The van der Waals surface area contributed by atoms with Crippen molar-refractivity contribution in [3.63, 3.8) is 0 Å². The molecule has 5 nitrogen and oxygen atoms in total. The van der Waals surface area contributed by atoms with Crippen LogP contribution in [0.4, 0.5) is 0 Å². The summed E-state index contributed by atoms with van der Waals surface area (Å²) in [7, 11) is -3.34. The molecule has 2 heterocycles. The van der Waals surface area contributed by atoms with Crippen LogP contribution in [-0.4, -0.2) is 49.8 Å². The normalized spacial score (nSPS) is 30.5. The van der Waals surface area contributed by atoms with Crippen molar-refractivity contribution in [1.82, 2.24) is 0 Å². The van der Waals surface area contributed by atoms with Gasteiger partial charge in [-0.3, -0.25) is 0 Å². The predicted molar refractivity (Wildman–Crippen MR) is 103 cm³/mol. The Morgan fingerprint density at radius 3 is 2.70 bits per heavy atom. The monoisotopic (exact) mass is 392 g/mol. The largest absolute Gasteiger partial charge is 0.393 e. The fraction of sp³-hybridized carbons (Fsp3) is 0.571. The van der Waals surface area contributed by atoms with Gasteiger partial charge in [0.25, 0.3) is 0 Å². The highest BCUT2D eigenvalue weighted by atomic mass is 32.2. The van der Waals surface area contributed by atoms with E-state index >= 15 is 0 Å². The first kappa shape index (κ1) is 20.3. The van der Waals surface area contributed by atoms with Crippen LogP contribution >= 0.6 is 0 Å². The van der Waals surface area contributed by atoms with E-state index in [2.05, 4.69) is 12.3 Å². The number of benzene rings is 1. The average Bonchev–Trinajstić information content (AvgIpc) is 3.05. The summed E-state index contributed by atoms with van der Waals surface area (Å²) < 4.78 is 37.4. The van der Waals surface area contributed by atoms with Gasteiger partial charge in [0.15, 0.2) is 9.84 Å². The Morgan fingerprint density at radius 1 is 1.30 bits per heavy atom. The second kappa shape index (κ2) is 8.29. The van der Waals surface area contributed by atoms with Gasteiger partial charge in [-0.1, -0.05) is 24.8 Å². The number of fused-ring (bicyclic) bond motifs is 1. The first-order chi connectivity index (χ1) is 12.9. The minimum absolute atomic E-state index is 0.0121. The molecule has 0 bridgehead atoms. The van der Waals surface area contributed by atoms with E-state index in [1.165, 1.54) is 0 Å². The van der Waals surface area contributed by atoms with Crippen LogP contribution in [0.25, 0.3) is 0 Å². The van der Waals surface area contributed by atoms with E-state index in [-0.39, 0.29) is 30.7 Å². The van der Waals surface area contributed by atoms with Crippen LogP contribution in [0.5, 0.6) is 0 Å². The fourth-order valence-corrected chi connectivity index (χ4v) is 5.45. The van der Waals surface area contributed by atoms with Crippen LogP contribution in [0.1, 0.15) is 39.0 Å². The van der Waals surface area contributed by atoms with Gasteiger partial charge in [-0.25, -0.2) is 8.42 Å². The maximum Gasteiger partial charge on any atom is 0.178 e. The van der Waals surface area contributed by atoms with E-state index in [0.717, 1.165) is 24.8 Å². The number of rotatable bonds is 7. The highest BCUT2D eigenvalue weighted by Gasteiger charge is 2.52. The highest BCUT2D eigenvalue weighted by Crippen LogP contribution is 2.43. The number of hydrogen-bond donors (Lipinski definition) is 1. The molecule has 0 aliphatic carbocycles. The molecule has 0 amide bonds. The van der Waals surface area contributed by atoms with Crippen molar-refractivity contribution < 1.29 is 23.0 Å². The van der Waals surface area contributed by atoms with Gasteiger partial charge in [0, 0.05) is 12.8 Å². The van der Waals surface area contributed by atoms with Crippen molar-refractivity contribution in [3.8, 4) is 0 Å². The molecule has 0 saturated carbocycles. The molecule has 2 fully saturated rings. The molecular formula is C21H28O5S. The molecule has 0 aromatic heterocycles. The van der Waals surface area contributed by atoms with E-state index in [1.807, 2.05) is 6.92 Å². The van der Waals surface area contributed by atoms with Crippen molar-refractivity contribution in [1.29, 1.82) is 0 Å². The lowest BCUT2D eigenvalue weighted by atomic mass is 9.86. The lowest BCUT2D eigenvalue weighted by Gasteiger charge is -2.41. The zero-order chi connectivity index (χ0) is 19.5. The van der Waals surface area contributed by atoms with E-state index < -0.39 is 15.4 Å². The third-order valence-corrected chi connectivity index (χ3v) is 7.35. The Kier molecular flexibility index (Phi) is 6.24. The highest BCUT2D eigenvalue weighted by molar-refractivity contribution is 7.91. The summed E-state index contributed by atoms with van der Waals surface area (Å²) in [5.41, 5.74) is 3.20. The molecule has 1 aromatic carbocycles. The van der Waals surface area contributed by atoms with Gasteiger partial charge in [0.1, 0.15) is 5.60 Å². The number of hydrogen-bond acceptors (Lipinski definition) is 5. The minimum atomic E-state index is -3.34. The van der Waals surface area contributed by atoms with E-state index in [4.69, 9.17) is 9.47 Å². The van der Waals surface area contributed by atoms with Crippen LogP contribution in [0.3, 0.4) is 0 Å². The van der Waals surface area contributed by atoms with Crippen molar-refractivity contribution in [3.05, 3.63) is 48.2 Å². The van der Waals surface area contributed by atoms with Crippen LogP contribution in [0, 0.1) is 0 Å². The van der Waals surface area contributed by atoms with Crippen LogP contribution in [0.2, 0.25) is 0 Å². The fourth-order valence-electron chi connectivity index (χ4n) is 4.07. The summed E-state index contributed by atoms with van der Waals surface area (Å²) in [6.45, 7) is 5.52. The van der Waals surface area contributed by atoms with Crippen molar-refractivity contribution >= 4 is 9.84 Å². The molecule has 1 aromatic rings. The quantitative estimate of drug-likeness (QED) is 0.722. The summed E-state index contributed by atoms with van der Waals surface area (Å²) in [6.07, 6.45) is 2.91. The predicted octanol–water partition coefficient (Wildman–Crippen LogP) is 3.04. The molecular weight excluding hydrogens is 364 g/mol. The second-order valence-electron chi connectivity index (χ2n) is 7.57. The Labute approximate surface area is 161 Å². The van der Waals surface area contributed by atoms with Gasteiger partial charge in [0.2, 0.25) is 0 Å². The summed E-state index contributed by atoms with van der Waals surface area (Å²) in [5, 5.41) is 10.0. The zero-order valence-electron chi connectivity index (χ0n) is 15.8. The standard InChI is InChI=1S/C21H28O5S/c1-3-16(2)13-17-9-10-20-21(15-22,26-17)14-18(25-20)11-12-27(23,24)19-7-5-4-6-8-19/h4-8,17-18,20,22H,1,9-15H2,2H3/t17?,18-,20-,21+/m0/s1. The first-order valence-electron chi connectivity index (χ1n) is 9.46. The molecule has 0 radical (unpaired) electrons. The Bertz CT molecular complexity index is 797. The zero-order valence-corrected chi connectivity index (χ0v) is 16.6. The van der Waals surface area contributed by atoms with Gasteiger partial charge in [0.05, 0.1) is 35.6 Å². The SMILES string of the molecule is C=C=C(C)CC1CC[C@@H]2O[C@@H](CCS(=O)(=O)c3ccccc3)C[C@]2(CO)O1. The smallest absolute Gasteiger partial charge is 0.178 e. The summed E-state index contributed by atoms with van der Waals surface area (Å²) >= 11 is 0. The molecule has 2 saturated heterocycles. The molecule has 1 unspecified atom stereocenters. The van der Waals surface area contributed by atoms with Crippen molar-refractivity contribution in [2.75, 3.05) is 12.4 Å². The number of aliphatic hydroxyl groups excluding tert-OH is 1. The lowest BCUT2D eigenvalue weighted by molar-refractivity contribution is -0.181. The van der Waals surface area contributed by atoms with Gasteiger partial charge in [-0.15, -0.1) is 5.73 Å². The number of ether oxygens (including phenoxy) is 2. The van der Waals surface area contributed by atoms with Crippen molar-refractivity contribution in [2.24, 2.45) is 0 Å². The molecule has 3 rings (SSSR count).